The van der Waals surface area contributed by atoms with Crippen molar-refractivity contribution in [2.24, 2.45) is 0 Å². The molecule has 0 spiro atoms. The van der Waals surface area contributed by atoms with Gasteiger partial charge in [-0.3, -0.25) is 0 Å². The molecule has 0 atom stereocenters. The maximum absolute atomic E-state index is 8.80. The van der Waals surface area contributed by atoms with E-state index in [1.54, 1.807) is 59.9 Å². The number of hydrogen-bond acceptors (Lipinski definition) is 8. The van der Waals surface area contributed by atoms with Crippen LogP contribution in [0.25, 0.3) is 33.4 Å². The fourth-order valence-corrected chi connectivity index (χ4v) is 4.50. The predicted molar refractivity (Wildman–Crippen MR) is 125 cm³/mol. The van der Waals surface area contributed by atoms with Crippen molar-refractivity contribution in [3.63, 3.8) is 0 Å². The highest BCUT2D eigenvalue weighted by atomic mass is 32.1. The van der Waals surface area contributed by atoms with Crippen molar-refractivity contribution >= 4 is 23.5 Å². The van der Waals surface area contributed by atoms with E-state index in [4.69, 9.17) is 34.6 Å². The Balaban J connectivity index is 1.60. The molecular formula is C26H14N4O3S. The van der Waals surface area contributed by atoms with Crippen LogP contribution in [0, 0.1) is 45.3 Å². The second-order valence-electron chi connectivity index (χ2n) is 6.94. The first-order valence-corrected chi connectivity index (χ1v) is 10.8. The minimum absolute atomic E-state index is 0.0140. The molecule has 1 aliphatic rings. The SMILES string of the molecule is N#CC(C#N)=C/C=C/c1ccc(-c2sc(-c3ccc(/C=C/C=C(C#N)C#N)o3)c3c2COC3)o1. The molecule has 1 aliphatic heterocycles. The van der Waals surface area contributed by atoms with E-state index < -0.39 is 0 Å². The number of ether oxygens (including phenoxy) is 1. The lowest BCUT2D eigenvalue weighted by Crippen LogP contribution is -1.79. The monoisotopic (exact) mass is 462 g/mol. The first-order valence-electron chi connectivity index (χ1n) is 9.96. The summed E-state index contributed by atoms with van der Waals surface area (Å²) in [5.41, 5.74) is 2.15. The van der Waals surface area contributed by atoms with Crippen LogP contribution < -0.4 is 0 Å². The second kappa shape index (κ2) is 10.2. The first kappa shape index (κ1) is 22.3. The Labute approximate surface area is 199 Å². The number of hydrogen-bond donors (Lipinski definition) is 0. The zero-order chi connectivity index (χ0) is 23.9. The van der Waals surface area contributed by atoms with Crippen LogP contribution in [0.1, 0.15) is 22.6 Å². The quantitative estimate of drug-likeness (QED) is 0.311. The van der Waals surface area contributed by atoms with Crippen molar-refractivity contribution in [1.82, 2.24) is 0 Å². The van der Waals surface area contributed by atoms with Gasteiger partial charge >= 0.3 is 0 Å². The molecule has 3 aromatic heterocycles. The minimum atomic E-state index is 0.0140. The number of rotatable bonds is 6. The summed E-state index contributed by atoms with van der Waals surface area (Å²) in [5.74, 6) is 2.58. The van der Waals surface area contributed by atoms with Gasteiger partial charge < -0.3 is 13.6 Å². The van der Waals surface area contributed by atoms with Gasteiger partial charge in [0.05, 0.1) is 23.0 Å². The fourth-order valence-electron chi connectivity index (χ4n) is 3.26. The molecule has 4 heterocycles. The molecule has 0 N–H and O–H groups in total. The first-order chi connectivity index (χ1) is 16.7. The third kappa shape index (κ3) is 4.65. The van der Waals surface area contributed by atoms with Crippen molar-refractivity contribution in [2.45, 2.75) is 13.2 Å². The molecule has 0 radical (unpaired) electrons. The number of furan rings is 2. The van der Waals surface area contributed by atoms with E-state index in [-0.39, 0.29) is 11.1 Å². The average molecular weight is 462 g/mol. The Morgan fingerprint density at radius 2 is 1.15 bits per heavy atom. The van der Waals surface area contributed by atoms with Crippen LogP contribution in [0.3, 0.4) is 0 Å². The van der Waals surface area contributed by atoms with Gasteiger partial charge in [-0.05, 0) is 48.6 Å². The van der Waals surface area contributed by atoms with Crippen molar-refractivity contribution in [1.29, 1.82) is 21.0 Å². The standard InChI is InChI=1S/C26H14N4O3S/c27-11-17(12-28)3-1-5-19-7-9-23(32-19)25-21-15-31-16-22(21)26(34-25)24-10-8-20(33-24)6-2-4-18(13-29)14-30/h1-10H,15-16H2/b5-1+,6-2+. The zero-order valence-electron chi connectivity index (χ0n) is 17.6. The van der Waals surface area contributed by atoms with Gasteiger partial charge in [0.1, 0.15) is 58.5 Å². The molecular weight excluding hydrogens is 448 g/mol. The van der Waals surface area contributed by atoms with Crippen LogP contribution in [-0.4, -0.2) is 0 Å². The lowest BCUT2D eigenvalue weighted by atomic mass is 10.1. The molecule has 8 heteroatoms. The van der Waals surface area contributed by atoms with Crippen molar-refractivity contribution in [3.05, 3.63) is 82.4 Å². The molecule has 3 aromatic rings. The highest BCUT2D eigenvalue weighted by Gasteiger charge is 2.27. The van der Waals surface area contributed by atoms with Gasteiger partial charge in [0, 0.05) is 11.1 Å². The van der Waals surface area contributed by atoms with E-state index in [2.05, 4.69) is 0 Å². The zero-order valence-corrected chi connectivity index (χ0v) is 18.4. The molecule has 162 valence electrons. The Hall–Kier alpha value is -4.86. The molecule has 4 rings (SSSR count). The molecule has 0 amide bonds. The lowest BCUT2D eigenvalue weighted by molar-refractivity contribution is 0.134. The van der Waals surface area contributed by atoms with Crippen LogP contribution in [0.5, 0.6) is 0 Å². The van der Waals surface area contributed by atoms with E-state index >= 15 is 0 Å². The van der Waals surface area contributed by atoms with Crippen molar-refractivity contribution < 1.29 is 13.6 Å². The summed E-state index contributed by atoms with van der Waals surface area (Å²) in [4.78, 5) is 1.91. The van der Waals surface area contributed by atoms with Gasteiger partial charge in [0.2, 0.25) is 0 Å². The van der Waals surface area contributed by atoms with Gasteiger partial charge in [-0.2, -0.15) is 21.0 Å². The van der Waals surface area contributed by atoms with E-state index in [9.17, 15) is 0 Å². The molecule has 0 fully saturated rings. The van der Waals surface area contributed by atoms with Crippen LogP contribution in [0.15, 0.2) is 68.6 Å². The smallest absolute Gasteiger partial charge is 0.145 e. The lowest BCUT2D eigenvalue weighted by Gasteiger charge is -1.97. The van der Waals surface area contributed by atoms with E-state index in [1.165, 1.54) is 12.2 Å². The number of thiophene rings is 1. The molecule has 0 aromatic carbocycles. The number of nitrogens with zero attached hydrogens (tertiary/aromatic N) is 4. The largest absolute Gasteiger partial charge is 0.456 e. The van der Waals surface area contributed by atoms with Gasteiger partial charge in [-0.1, -0.05) is 12.2 Å². The highest BCUT2D eigenvalue weighted by molar-refractivity contribution is 7.19. The van der Waals surface area contributed by atoms with E-state index in [0.717, 1.165) is 20.9 Å². The van der Waals surface area contributed by atoms with E-state index in [1.807, 2.05) is 24.3 Å². The summed E-state index contributed by atoms with van der Waals surface area (Å²) < 4.78 is 17.6. The Morgan fingerprint density at radius 1 is 0.706 bits per heavy atom. The molecule has 0 bridgehead atoms. The number of allylic oxidation sites excluding steroid dienone is 6. The van der Waals surface area contributed by atoms with Gasteiger partial charge in [-0.15, -0.1) is 11.3 Å². The number of fused-ring (bicyclic) bond motifs is 1. The topological polar surface area (TPSA) is 131 Å². The summed E-state index contributed by atoms with van der Waals surface area (Å²) in [6.45, 7) is 0.958. The molecule has 0 aliphatic carbocycles. The summed E-state index contributed by atoms with van der Waals surface area (Å²) in [6.07, 6.45) is 9.43. The molecule has 7 nitrogen and oxygen atoms in total. The molecule has 0 unspecified atom stereocenters. The fraction of sp³-hybridized carbons (Fsp3) is 0.0769. The average Bonchev–Trinajstić information content (AvgIpc) is 3.64. The Morgan fingerprint density at radius 3 is 1.56 bits per heavy atom. The number of nitriles is 4. The molecule has 34 heavy (non-hydrogen) atoms. The highest BCUT2D eigenvalue weighted by Crippen LogP contribution is 2.46. The second-order valence-corrected chi connectivity index (χ2v) is 7.96. The maximum atomic E-state index is 8.80. The minimum Gasteiger partial charge on any atom is -0.456 e. The third-order valence-electron chi connectivity index (χ3n) is 4.84. The van der Waals surface area contributed by atoms with Gasteiger partial charge in [0.15, 0.2) is 0 Å². The van der Waals surface area contributed by atoms with Gasteiger partial charge in [-0.25, -0.2) is 0 Å². The van der Waals surface area contributed by atoms with Crippen molar-refractivity contribution in [3.8, 4) is 45.6 Å². The summed E-state index contributed by atoms with van der Waals surface area (Å²) in [5, 5.41) is 35.2. The Bertz CT molecular complexity index is 1390. The molecule has 0 saturated carbocycles. The Kier molecular flexibility index (Phi) is 6.68. The predicted octanol–water partition coefficient (Wildman–Crippen LogP) is 6.27. The van der Waals surface area contributed by atoms with Crippen molar-refractivity contribution in [2.75, 3.05) is 0 Å². The van der Waals surface area contributed by atoms with E-state index in [0.29, 0.717) is 36.3 Å². The van der Waals surface area contributed by atoms with Crippen LogP contribution in [0.4, 0.5) is 0 Å². The summed E-state index contributed by atoms with van der Waals surface area (Å²) in [6, 6.07) is 14.6. The third-order valence-corrected chi connectivity index (χ3v) is 6.14. The summed E-state index contributed by atoms with van der Waals surface area (Å²) >= 11 is 1.56. The van der Waals surface area contributed by atoms with Crippen LogP contribution >= 0.6 is 11.3 Å². The van der Waals surface area contributed by atoms with Crippen LogP contribution in [-0.2, 0) is 18.0 Å². The molecule has 0 saturated heterocycles. The normalized spacial score (nSPS) is 12.0. The van der Waals surface area contributed by atoms with Crippen LogP contribution in [0.2, 0.25) is 0 Å². The van der Waals surface area contributed by atoms with Gasteiger partial charge in [0.25, 0.3) is 0 Å². The summed E-state index contributed by atoms with van der Waals surface area (Å²) in [7, 11) is 0. The maximum Gasteiger partial charge on any atom is 0.145 e.